The Hall–Kier alpha value is -3.32. The Morgan fingerprint density at radius 1 is 1.10 bits per heavy atom. The van der Waals surface area contributed by atoms with Gasteiger partial charge in [-0.3, -0.25) is 4.79 Å². The fourth-order valence-electron chi connectivity index (χ4n) is 2.84. The van der Waals surface area contributed by atoms with Gasteiger partial charge in [0.05, 0.1) is 14.2 Å². The van der Waals surface area contributed by atoms with E-state index >= 15 is 0 Å². The molecular weight excluding hydrogens is 403 g/mol. The molecule has 2 rings (SSSR count). The molecule has 7 heteroatoms. The zero-order chi connectivity index (χ0) is 23.0. The molecule has 0 saturated carbocycles. The third kappa shape index (κ3) is 6.08. The summed E-state index contributed by atoms with van der Waals surface area (Å²) < 4.78 is 35.0. The lowest BCUT2D eigenvalue weighted by Crippen LogP contribution is -2.07. The number of rotatable bonds is 10. The molecule has 0 atom stereocenters. The number of phenols is 1. The standard InChI is InChI=1S/C24H27FO6/c1-15(2)6-10-18-21(31-14-28-3)13-22(30-5)23(24(18)27)20(26)11-8-16-7-9-17(29-4)12-19(16)25/h6-9,11-13,27H,10,14H2,1-5H3. The molecule has 0 saturated heterocycles. The number of ether oxygens (including phenoxy) is 4. The van der Waals surface area contributed by atoms with Crippen LogP contribution in [0.5, 0.6) is 23.0 Å². The number of ketones is 1. The number of aromatic hydroxyl groups is 1. The summed E-state index contributed by atoms with van der Waals surface area (Å²) in [5.41, 5.74) is 1.63. The van der Waals surface area contributed by atoms with E-state index < -0.39 is 11.6 Å². The first-order valence-electron chi connectivity index (χ1n) is 9.56. The number of hydrogen-bond donors (Lipinski definition) is 1. The van der Waals surface area contributed by atoms with Crippen molar-refractivity contribution in [2.24, 2.45) is 0 Å². The summed E-state index contributed by atoms with van der Waals surface area (Å²) in [4.78, 5) is 12.9. The number of allylic oxidation sites excluding steroid dienone is 3. The van der Waals surface area contributed by atoms with E-state index in [4.69, 9.17) is 18.9 Å². The lowest BCUT2D eigenvalue weighted by Gasteiger charge is -2.17. The number of carbonyl (C=O) groups excluding carboxylic acids is 1. The SMILES string of the molecule is COCOc1cc(OC)c(C(=O)C=Cc2ccc(OC)cc2F)c(O)c1CC=C(C)C. The molecule has 0 fully saturated rings. The number of phenolic OH excluding ortho intramolecular Hbond substituents is 1. The van der Waals surface area contributed by atoms with Crippen molar-refractivity contribution >= 4 is 11.9 Å². The van der Waals surface area contributed by atoms with E-state index in [2.05, 4.69) is 0 Å². The van der Waals surface area contributed by atoms with Crippen LogP contribution in [0.3, 0.4) is 0 Å². The maximum atomic E-state index is 14.2. The minimum Gasteiger partial charge on any atom is -0.507 e. The number of benzene rings is 2. The van der Waals surface area contributed by atoms with E-state index in [-0.39, 0.29) is 29.4 Å². The Morgan fingerprint density at radius 3 is 2.42 bits per heavy atom. The van der Waals surface area contributed by atoms with Gasteiger partial charge in [0.15, 0.2) is 12.6 Å². The maximum absolute atomic E-state index is 14.2. The van der Waals surface area contributed by atoms with Gasteiger partial charge in [0.1, 0.15) is 34.4 Å². The molecule has 6 nitrogen and oxygen atoms in total. The second kappa shape index (κ2) is 11.2. The van der Waals surface area contributed by atoms with Gasteiger partial charge in [-0.1, -0.05) is 11.6 Å². The highest BCUT2D eigenvalue weighted by Crippen LogP contribution is 2.40. The lowest BCUT2D eigenvalue weighted by molar-refractivity contribution is 0.0502. The summed E-state index contributed by atoms with van der Waals surface area (Å²) in [5, 5.41) is 10.9. The van der Waals surface area contributed by atoms with Gasteiger partial charge in [0, 0.05) is 30.4 Å². The molecule has 0 heterocycles. The van der Waals surface area contributed by atoms with Gasteiger partial charge in [-0.2, -0.15) is 0 Å². The minimum atomic E-state index is -0.540. The van der Waals surface area contributed by atoms with Gasteiger partial charge in [0.25, 0.3) is 0 Å². The summed E-state index contributed by atoms with van der Waals surface area (Å²) in [6, 6.07) is 5.84. The molecular formula is C24H27FO6. The van der Waals surface area contributed by atoms with Crippen LogP contribution in [0.2, 0.25) is 0 Å². The molecule has 0 aliphatic rings. The molecule has 0 aliphatic carbocycles. The van der Waals surface area contributed by atoms with E-state index in [1.54, 1.807) is 6.07 Å². The predicted molar refractivity (Wildman–Crippen MR) is 117 cm³/mol. The number of methoxy groups -OCH3 is 3. The van der Waals surface area contributed by atoms with E-state index in [1.165, 1.54) is 51.7 Å². The van der Waals surface area contributed by atoms with Crippen molar-refractivity contribution in [2.75, 3.05) is 28.1 Å². The van der Waals surface area contributed by atoms with Crippen molar-refractivity contribution in [3.63, 3.8) is 0 Å². The molecule has 0 aliphatic heterocycles. The summed E-state index contributed by atoms with van der Waals surface area (Å²) in [7, 11) is 4.30. The summed E-state index contributed by atoms with van der Waals surface area (Å²) >= 11 is 0. The molecule has 1 N–H and O–H groups in total. The highest BCUT2D eigenvalue weighted by Gasteiger charge is 2.23. The molecule has 0 unspecified atom stereocenters. The molecule has 2 aromatic carbocycles. The van der Waals surface area contributed by atoms with Crippen molar-refractivity contribution in [1.29, 1.82) is 0 Å². The second-order valence-electron chi connectivity index (χ2n) is 6.90. The normalized spacial score (nSPS) is 10.8. The Morgan fingerprint density at radius 2 is 1.84 bits per heavy atom. The monoisotopic (exact) mass is 430 g/mol. The molecule has 0 spiro atoms. The van der Waals surface area contributed by atoms with Gasteiger partial charge in [-0.15, -0.1) is 0 Å². The number of carbonyl (C=O) groups is 1. The average molecular weight is 430 g/mol. The number of hydrogen-bond acceptors (Lipinski definition) is 6. The molecule has 0 aromatic heterocycles. The lowest BCUT2D eigenvalue weighted by atomic mass is 9.99. The van der Waals surface area contributed by atoms with Crippen molar-refractivity contribution in [3.8, 4) is 23.0 Å². The van der Waals surface area contributed by atoms with E-state index in [1.807, 2.05) is 19.9 Å². The largest absolute Gasteiger partial charge is 0.507 e. The Balaban J connectivity index is 2.49. The molecule has 0 radical (unpaired) electrons. The predicted octanol–water partition coefficient (Wildman–Crippen LogP) is 4.94. The van der Waals surface area contributed by atoms with Gasteiger partial charge < -0.3 is 24.1 Å². The smallest absolute Gasteiger partial charge is 0.193 e. The van der Waals surface area contributed by atoms with E-state index in [9.17, 15) is 14.3 Å². The quantitative estimate of drug-likeness (QED) is 0.249. The Kier molecular flexibility index (Phi) is 8.63. The summed E-state index contributed by atoms with van der Waals surface area (Å²) in [5.74, 6) is -0.484. The van der Waals surface area contributed by atoms with E-state index in [0.717, 1.165) is 5.57 Å². The van der Waals surface area contributed by atoms with Crippen molar-refractivity contribution in [3.05, 3.63) is 64.5 Å². The fraction of sp³-hybridized carbons (Fsp3) is 0.292. The topological polar surface area (TPSA) is 74.2 Å². The van der Waals surface area contributed by atoms with Crippen LogP contribution in [-0.4, -0.2) is 39.0 Å². The zero-order valence-electron chi connectivity index (χ0n) is 18.3. The van der Waals surface area contributed by atoms with Crippen LogP contribution >= 0.6 is 0 Å². The van der Waals surface area contributed by atoms with Crippen molar-refractivity contribution < 1.29 is 33.2 Å². The molecule has 0 amide bonds. The zero-order valence-corrected chi connectivity index (χ0v) is 18.3. The first kappa shape index (κ1) is 24.0. The van der Waals surface area contributed by atoms with Crippen LogP contribution in [-0.2, 0) is 11.2 Å². The third-order valence-electron chi connectivity index (χ3n) is 4.46. The van der Waals surface area contributed by atoms with Crippen LogP contribution < -0.4 is 14.2 Å². The molecule has 166 valence electrons. The Labute approximate surface area is 181 Å². The molecule has 31 heavy (non-hydrogen) atoms. The Bertz CT molecular complexity index is 990. The minimum absolute atomic E-state index is 0.0328. The second-order valence-corrected chi connectivity index (χ2v) is 6.90. The van der Waals surface area contributed by atoms with Crippen LogP contribution in [0, 0.1) is 5.82 Å². The van der Waals surface area contributed by atoms with E-state index in [0.29, 0.717) is 23.5 Å². The van der Waals surface area contributed by atoms with Crippen LogP contribution in [0.1, 0.15) is 35.3 Å². The van der Waals surface area contributed by atoms with Gasteiger partial charge >= 0.3 is 0 Å². The first-order valence-corrected chi connectivity index (χ1v) is 9.56. The average Bonchev–Trinajstić information content (AvgIpc) is 2.75. The summed E-state index contributed by atoms with van der Waals surface area (Å²) in [6.07, 6.45) is 4.76. The molecule has 2 aromatic rings. The summed E-state index contributed by atoms with van der Waals surface area (Å²) in [6.45, 7) is 3.82. The van der Waals surface area contributed by atoms with Crippen LogP contribution in [0.25, 0.3) is 6.08 Å². The fourth-order valence-corrected chi connectivity index (χ4v) is 2.84. The third-order valence-corrected chi connectivity index (χ3v) is 4.46. The van der Waals surface area contributed by atoms with Crippen LogP contribution in [0.15, 0.2) is 42.0 Å². The molecule has 0 bridgehead atoms. The van der Waals surface area contributed by atoms with Gasteiger partial charge in [-0.05, 0) is 44.6 Å². The van der Waals surface area contributed by atoms with Crippen molar-refractivity contribution in [1.82, 2.24) is 0 Å². The highest BCUT2D eigenvalue weighted by molar-refractivity contribution is 6.11. The maximum Gasteiger partial charge on any atom is 0.193 e. The van der Waals surface area contributed by atoms with Crippen molar-refractivity contribution in [2.45, 2.75) is 20.3 Å². The van der Waals surface area contributed by atoms with Crippen LogP contribution in [0.4, 0.5) is 4.39 Å². The first-order chi connectivity index (χ1) is 14.8. The number of halogens is 1. The highest BCUT2D eigenvalue weighted by atomic mass is 19.1. The van der Waals surface area contributed by atoms with Gasteiger partial charge in [-0.25, -0.2) is 4.39 Å². The van der Waals surface area contributed by atoms with Gasteiger partial charge in [0.2, 0.25) is 0 Å².